The van der Waals surface area contributed by atoms with Gasteiger partial charge < -0.3 is 4.90 Å². The monoisotopic (exact) mass is 497 g/mol. The number of amides is 2. The molecule has 1 saturated heterocycles. The van der Waals surface area contributed by atoms with Crippen LogP contribution in [-0.2, 0) is 16.1 Å². The van der Waals surface area contributed by atoms with Gasteiger partial charge in [0.15, 0.2) is 5.13 Å². The summed E-state index contributed by atoms with van der Waals surface area (Å²) in [7, 11) is 0. The average molecular weight is 498 g/mol. The van der Waals surface area contributed by atoms with Crippen molar-refractivity contribution in [2.45, 2.75) is 32.2 Å². The minimum atomic E-state index is -0.321. The van der Waals surface area contributed by atoms with E-state index >= 15 is 0 Å². The molecule has 0 bridgehead atoms. The van der Waals surface area contributed by atoms with E-state index in [1.54, 1.807) is 17.0 Å². The van der Waals surface area contributed by atoms with Gasteiger partial charge >= 0.3 is 0 Å². The van der Waals surface area contributed by atoms with Crippen molar-refractivity contribution in [2.24, 2.45) is 11.8 Å². The van der Waals surface area contributed by atoms with Crippen LogP contribution in [0.3, 0.4) is 0 Å². The van der Waals surface area contributed by atoms with Crippen molar-refractivity contribution in [2.75, 3.05) is 18.0 Å². The van der Waals surface area contributed by atoms with Crippen LogP contribution in [0.2, 0.25) is 5.02 Å². The van der Waals surface area contributed by atoms with Gasteiger partial charge in [0.25, 0.3) is 0 Å². The smallest absolute Gasteiger partial charge is 0.233 e. The molecule has 0 N–H and O–H groups in total. The summed E-state index contributed by atoms with van der Waals surface area (Å²) in [6.07, 6.45) is 3.45. The number of carbonyl (C=O) groups excluding carboxylic acids is 2. The summed E-state index contributed by atoms with van der Waals surface area (Å²) in [5.74, 6) is -0.347. The van der Waals surface area contributed by atoms with Crippen LogP contribution < -0.4 is 4.90 Å². The van der Waals surface area contributed by atoms with E-state index in [1.807, 2.05) is 34.5 Å². The second kappa shape index (κ2) is 9.84. The maximum atomic E-state index is 13.8. The van der Waals surface area contributed by atoms with E-state index in [0.29, 0.717) is 28.9 Å². The first-order chi connectivity index (χ1) is 16.5. The summed E-state index contributed by atoms with van der Waals surface area (Å²) in [5, 5.41) is 3.05. The fraction of sp³-hybridized carbons (Fsp3) is 0.346. The first-order valence-corrected chi connectivity index (χ1v) is 12.8. The SMILES string of the molecule is O=C(C1CC1)N1CCCC(C(=O)N(Cc2ccc(F)cc2)c2nc(-c3ccccc3Cl)cs2)C1. The highest BCUT2D eigenvalue weighted by Crippen LogP contribution is 2.35. The molecule has 34 heavy (non-hydrogen) atoms. The number of thiazole rings is 1. The van der Waals surface area contributed by atoms with Crippen molar-refractivity contribution in [3.63, 3.8) is 0 Å². The van der Waals surface area contributed by atoms with E-state index in [-0.39, 0.29) is 36.0 Å². The van der Waals surface area contributed by atoms with Crippen molar-refractivity contribution in [3.05, 3.63) is 70.3 Å². The van der Waals surface area contributed by atoms with Crippen molar-refractivity contribution >= 4 is 39.9 Å². The first-order valence-electron chi connectivity index (χ1n) is 11.5. The fourth-order valence-corrected chi connectivity index (χ4v) is 5.44. The molecular weight excluding hydrogens is 473 g/mol. The number of halogens is 2. The van der Waals surface area contributed by atoms with Crippen LogP contribution in [0.1, 0.15) is 31.2 Å². The minimum Gasteiger partial charge on any atom is -0.342 e. The molecule has 2 aromatic carbocycles. The third-order valence-electron chi connectivity index (χ3n) is 6.40. The largest absolute Gasteiger partial charge is 0.342 e. The molecule has 2 amide bonds. The lowest BCUT2D eigenvalue weighted by Gasteiger charge is -2.34. The van der Waals surface area contributed by atoms with Crippen LogP contribution in [0.15, 0.2) is 53.9 Å². The van der Waals surface area contributed by atoms with Crippen molar-refractivity contribution < 1.29 is 14.0 Å². The van der Waals surface area contributed by atoms with Gasteiger partial charge in [-0.25, -0.2) is 9.37 Å². The van der Waals surface area contributed by atoms with Crippen molar-refractivity contribution in [3.8, 4) is 11.3 Å². The second-order valence-corrected chi connectivity index (χ2v) is 10.2. The van der Waals surface area contributed by atoms with Crippen LogP contribution in [0, 0.1) is 17.7 Å². The quantitative estimate of drug-likeness (QED) is 0.433. The Morgan fingerprint density at radius 1 is 1.09 bits per heavy atom. The number of hydrogen-bond donors (Lipinski definition) is 0. The van der Waals surface area contributed by atoms with Crippen LogP contribution in [0.25, 0.3) is 11.3 Å². The predicted octanol–water partition coefficient (Wildman–Crippen LogP) is 5.78. The highest BCUT2D eigenvalue weighted by molar-refractivity contribution is 7.14. The zero-order valence-corrected chi connectivity index (χ0v) is 20.2. The summed E-state index contributed by atoms with van der Waals surface area (Å²) in [6.45, 7) is 1.43. The molecule has 3 aromatic rings. The summed E-state index contributed by atoms with van der Waals surface area (Å²) >= 11 is 7.74. The molecule has 2 fully saturated rings. The number of piperidine rings is 1. The zero-order valence-electron chi connectivity index (χ0n) is 18.6. The van der Waals surface area contributed by atoms with Gasteiger partial charge in [-0.2, -0.15) is 0 Å². The molecule has 1 unspecified atom stereocenters. The van der Waals surface area contributed by atoms with E-state index in [0.717, 1.165) is 36.8 Å². The summed E-state index contributed by atoms with van der Waals surface area (Å²) < 4.78 is 13.5. The van der Waals surface area contributed by atoms with Gasteiger partial charge in [0.05, 0.1) is 18.2 Å². The number of carbonyl (C=O) groups is 2. The molecule has 0 spiro atoms. The van der Waals surface area contributed by atoms with E-state index in [1.165, 1.54) is 23.5 Å². The molecule has 176 valence electrons. The third kappa shape index (κ3) is 5.00. The van der Waals surface area contributed by atoms with Crippen LogP contribution in [0.4, 0.5) is 9.52 Å². The molecule has 2 aliphatic rings. The molecule has 2 heterocycles. The van der Waals surface area contributed by atoms with Gasteiger partial charge in [0, 0.05) is 35.0 Å². The van der Waals surface area contributed by atoms with Crippen molar-refractivity contribution in [1.82, 2.24) is 9.88 Å². The minimum absolute atomic E-state index is 0.0577. The Hall–Kier alpha value is -2.77. The predicted molar refractivity (Wildman–Crippen MR) is 132 cm³/mol. The molecule has 5 nitrogen and oxygen atoms in total. The Kier molecular flexibility index (Phi) is 6.66. The number of likely N-dealkylation sites (tertiary alicyclic amines) is 1. The normalized spacial score (nSPS) is 18.1. The Balaban J connectivity index is 1.42. The number of anilines is 1. The highest BCUT2D eigenvalue weighted by atomic mass is 35.5. The molecule has 1 aliphatic heterocycles. The zero-order chi connectivity index (χ0) is 23.7. The fourth-order valence-electron chi connectivity index (χ4n) is 4.38. The number of aromatic nitrogens is 1. The molecule has 8 heteroatoms. The van der Waals surface area contributed by atoms with Crippen LogP contribution >= 0.6 is 22.9 Å². The topological polar surface area (TPSA) is 53.5 Å². The standard InChI is InChI=1S/C26H25ClFN3O2S/c27-22-6-2-1-5-21(22)23-16-34-26(29-23)31(14-17-7-11-20(28)12-8-17)25(33)19-4-3-13-30(15-19)24(32)18-9-10-18/h1-2,5-8,11-12,16,18-19H,3-4,9-10,13-15H2. The summed E-state index contributed by atoms with van der Waals surface area (Å²) in [6, 6.07) is 13.6. The lowest BCUT2D eigenvalue weighted by molar-refractivity contribution is -0.136. The molecule has 0 radical (unpaired) electrons. The van der Waals surface area contributed by atoms with Gasteiger partial charge in [-0.05, 0) is 49.4 Å². The van der Waals surface area contributed by atoms with Gasteiger partial charge in [-0.1, -0.05) is 41.9 Å². The lowest BCUT2D eigenvalue weighted by atomic mass is 9.96. The maximum Gasteiger partial charge on any atom is 0.233 e. The van der Waals surface area contributed by atoms with Crippen molar-refractivity contribution in [1.29, 1.82) is 0 Å². The first kappa shape index (κ1) is 23.0. The van der Waals surface area contributed by atoms with Gasteiger partial charge in [0.2, 0.25) is 11.8 Å². The van der Waals surface area contributed by atoms with Gasteiger partial charge in [0.1, 0.15) is 5.82 Å². The highest BCUT2D eigenvalue weighted by Gasteiger charge is 2.38. The molecule has 1 atom stereocenters. The van der Waals surface area contributed by atoms with E-state index in [4.69, 9.17) is 16.6 Å². The number of benzene rings is 2. The Bertz CT molecular complexity index is 1190. The summed E-state index contributed by atoms with van der Waals surface area (Å²) in [5.41, 5.74) is 2.32. The molecular formula is C26H25ClFN3O2S. The third-order valence-corrected chi connectivity index (χ3v) is 7.59. The van der Waals surface area contributed by atoms with E-state index in [2.05, 4.69) is 0 Å². The second-order valence-electron chi connectivity index (χ2n) is 8.94. The molecule has 1 saturated carbocycles. The van der Waals surface area contributed by atoms with Gasteiger partial charge in [-0.15, -0.1) is 11.3 Å². The number of nitrogens with zero attached hydrogens (tertiary/aromatic N) is 3. The number of hydrogen-bond acceptors (Lipinski definition) is 4. The van der Waals surface area contributed by atoms with E-state index < -0.39 is 0 Å². The number of rotatable bonds is 6. The Morgan fingerprint density at radius 3 is 2.59 bits per heavy atom. The van der Waals surface area contributed by atoms with E-state index in [9.17, 15) is 14.0 Å². The van der Waals surface area contributed by atoms with Crippen LogP contribution in [-0.4, -0.2) is 34.8 Å². The Labute approximate surface area is 207 Å². The van der Waals surface area contributed by atoms with Gasteiger partial charge in [-0.3, -0.25) is 14.5 Å². The molecule has 5 rings (SSSR count). The summed E-state index contributed by atoms with van der Waals surface area (Å²) in [4.78, 5) is 34.7. The van der Waals surface area contributed by atoms with Crippen LogP contribution in [0.5, 0.6) is 0 Å². The average Bonchev–Trinajstić information content (AvgIpc) is 3.60. The molecule has 1 aromatic heterocycles. The Morgan fingerprint density at radius 2 is 1.85 bits per heavy atom. The lowest BCUT2D eigenvalue weighted by Crippen LogP contribution is -2.47. The maximum absolute atomic E-state index is 13.8. The molecule has 1 aliphatic carbocycles.